The van der Waals surface area contributed by atoms with Crippen LogP contribution < -0.4 is 5.32 Å². The number of hydrogen-bond donors (Lipinski definition) is 1. The van der Waals surface area contributed by atoms with Crippen molar-refractivity contribution in [1.82, 2.24) is 20.0 Å². The van der Waals surface area contributed by atoms with Crippen LogP contribution in [-0.4, -0.2) is 45.1 Å². The first kappa shape index (κ1) is 23.0. The molecule has 1 heterocycles. The van der Waals surface area contributed by atoms with E-state index in [9.17, 15) is 9.59 Å². The predicted molar refractivity (Wildman–Crippen MR) is 128 cm³/mol. The zero-order chi connectivity index (χ0) is 23.1. The van der Waals surface area contributed by atoms with Crippen LogP contribution in [0.25, 0.3) is 23.0 Å². The number of amides is 2. The van der Waals surface area contributed by atoms with Gasteiger partial charge in [0.2, 0.25) is 11.8 Å². The summed E-state index contributed by atoms with van der Waals surface area (Å²) in [6.45, 7) is 8.06. The van der Waals surface area contributed by atoms with Crippen molar-refractivity contribution in [3.63, 3.8) is 0 Å². The molecule has 0 spiro atoms. The van der Waals surface area contributed by atoms with Crippen LogP contribution in [-0.2, 0) is 9.59 Å². The minimum atomic E-state index is -0.341. The Kier molecular flexibility index (Phi) is 7.25. The summed E-state index contributed by atoms with van der Waals surface area (Å²) in [4.78, 5) is 26.6. The maximum Gasteiger partial charge on any atom is 0.247 e. The molecule has 0 saturated heterocycles. The molecule has 0 atom stereocenters. The number of aromatic nitrogens is 2. The highest BCUT2D eigenvalue weighted by molar-refractivity contribution is 5.95. The van der Waals surface area contributed by atoms with Crippen LogP contribution in [0.4, 0.5) is 0 Å². The van der Waals surface area contributed by atoms with Gasteiger partial charge >= 0.3 is 0 Å². The zero-order valence-electron chi connectivity index (χ0n) is 19.1. The van der Waals surface area contributed by atoms with Crippen LogP contribution in [0.1, 0.15) is 33.3 Å². The number of likely N-dealkylation sites (N-methyl/N-ethyl adjacent to an activating group) is 1. The molecule has 6 nitrogen and oxygen atoms in total. The summed E-state index contributed by atoms with van der Waals surface area (Å²) in [5.41, 5.74) is 3.16. The van der Waals surface area contributed by atoms with Gasteiger partial charge in [-0.3, -0.25) is 9.59 Å². The average Bonchev–Trinajstić information content (AvgIpc) is 3.20. The summed E-state index contributed by atoms with van der Waals surface area (Å²) in [5.74, 6) is -0.397. The molecule has 1 aromatic heterocycles. The fourth-order valence-electron chi connectivity index (χ4n) is 3.29. The van der Waals surface area contributed by atoms with Crippen LogP contribution in [0.15, 0.2) is 72.9 Å². The lowest BCUT2D eigenvalue weighted by Crippen LogP contribution is -2.47. The Hall–Kier alpha value is -3.67. The van der Waals surface area contributed by atoms with Gasteiger partial charge in [-0.1, -0.05) is 48.5 Å². The van der Waals surface area contributed by atoms with Gasteiger partial charge in [-0.15, -0.1) is 0 Å². The van der Waals surface area contributed by atoms with Crippen LogP contribution in [0, 0.1) is 0 Å². The van der Waals surface area contributed by atoms with Crippen molar-refractivity contribution in [1.29, 1.82) is 0 Å². The van der Waals surface area contributed by atoms with Gasteiger partial charge in [0.15, 0.2) is 0 Å². The third-order valence-electron chi connectivity index (χ3n) is 4.76. The minimum Gasteiger partial charge on any atom is -0.350 e. The molecule has 0 saturated carbocycles. The van der Waals surface area contributed by atoms with Gasteiger partial charge in [-0.25, -0.2) is 4.68 Å². The third kappa shape index (κ3) is 6.17. The molecule has 0 aliphatic rings. The highest BCUT2D eigenvalue weighted by Crippen LogP contribution is 2.24. The number of para-hydroxylation sites is 1. The van der Waals surface area contributed by atoms with Crippen LogP contribution in [0.5, 0.6) is 0 Å². The molecule has 0 aliphatic heterocycles. The van der Waals surface area contributed by atoms with E-state index in [2.05, 4.69) is 5.32 Å². The van der Waals surface area contributed by atoms with E-state index in [1.165, 1.54) is 11.0 Å². The number of nitrogens with zero attached hydrogens (tertiary/aromatic N) is 3. The molecule has 0 unspecified atom stereocenters. The van der Waals surface area contributed by atoms with E-state index in [4.69, 9.17) is 5.10 Å². The van der Waals surface area contributed by atoms with E-state index in [-0.39, 0.29) is 23.9 Å². The largest absolute Gasteiger partial charge is 0.350 e. The lowest BCUT2D eigenvalue weighted by Gasteiger charge is -2.24. The quantitative estimate of drug-likeness (QED) is 0.568. The fourth-order valence-corrected chi connectivity index (χ4v) is 3.29. The second-order valence-corrected chi connectivity index (χ2v) is 8.56. The third-order valence-corrected chi connectivity index (χ3v) is 4.76. The lowest BCUT2D eigenvalue weighted by molar-refractivity contribution is -0.132. The average molecular weight is 431 g/mol. The summed E-state index contributed by atoms with van der Waals surface area (Å²) in [5, 5.41) is 7.65. The first-order valence-corrected chi connectivity index (χ1v) is 10.8. The fraction of sp³-hybridized carbons (Fsp3) is 0.269. The normalized spacial score (nSPS) is 11.5. The monoisotopic (exact) mass is 430 g/mol. The van der Waals surface area contributed by atoms with Crippen molar-refractivity contribution in [3.8, 4) is 16.9 Å². The van der Waals surface area contributed by atoms with Gasteiger partial charge in [0.25, 0.3) is 0 Å². The van der Waals surface area contributed by atoms with E-state index in [1.54, 1.807) is 10.8 Å². The molecule has 1 N–H and O–H groups in total. The predicted octanol–water partition coefficient (Wildman–Crippen LogP) is 4.32. The van der Waals surface area contributed by atoms with E-state index in [0.29, 0.717) is 6.54 Å². The Balaban J connectivity index is 1.85. The SMILES string of the molecule is CCN(CC(=O)NC(C)(C)C)C(=O)C=Cc1cn(-c2ccccc2)nc1-c1ccccc1. The Morgan fingerprint density at radius 1 is 1.03 bits per heavy atom. The topological polar surface area (TPSA) is 67.2 Å². The minimum absolute atomic E-state index is 0.0196. The highest BCUT2D eigenvalue weighted by Gasteiger charge is 2.18. The van der Waals surface area contributed by atoms with Crippen LogP contribution >= 0.6 is 0 Å². The Morgan fingerprint density at radius 3 is 2.25 bits per heavy atom. The Bertz CT molecular complexity index is 1080. The zero-order valence-corrected chi connectivity index (χ0v) is 19.1. The summed E-state index contributed by atoms with van der Waals surface area (Å²) in [6, 6.07) is 19.7. The summed E-state index contributed by atoms with van der Waals surface area (Å²) < 4.78 is 1.81. The standard InChI is InChI=1S/C26H30N4O2/c1-5-29(19-23(31)27-26(2,3)4)24(32)17-16-21-18-30(22-14-10-7-11-15-22)28-25(21)20-12-8-6-9-13-20/h6-18H,5,19H2,1-4H3,(H,27,31). The van der Waals surface area contributed by atoms with Gasteiger partial charge in [0.1, 0.15) is 0 Å². The number of hydrogen-bond acceptors (Lipinski definition) is 3. The lowest BCUT2D eigenvalue weighted by atomic mass is 10.1. The van der Waals surface area contributed by atoms with Gasteiger partial charge < -0.3 is 10.2 Å². The van der Waals surface area contributed by atoms with E-state index < -0.39 is 0 Å². The Morgan fingerprint density at radius 2 is 1.66 bits per heavy atom. The molecule has 0 radical (unpaired) electrons. The van der Waals surface area contributed by atoms with Gasteiger partial charge in [0.05, 0.1) is 17.9 Å². The molecule has 0 aliphatic carbocycles. The van der Waals surface area contributed by atoms with Crippen LogP contribution in [0.3, 0.4) is 0 Å². The number of carbonyl (C=O) groups excluding carboxylic acids is 2. The maximum absolute atomic E-state index is 12.8. The van der Waals surface area contributed by atoms with Gasteiger partial charge in [-0.05, 0) is 45.9 Å². The molecule has 0 bridgehead atoms. The Labute approximate surface area is 189 Å². The molecule has 3 aromatic rings. The van der Waals surface area contributed by atoms with E-state index in [0.717, 1.165) is 22.5 Å². The van der Waals surface area contributed by atoms with Crippen molar-refractivity contribution in [2.75, 3.05) is 13.1 Å². The van der Waals surface area contributed by atoms with Crippen molar-refractivity contribution in [2.45, 2.75) is 33.2 Å². The smallest absolute Gasteiger partial charge is 0.247 e. The van der Waals surface area contributed by atoms with Crippen LogP contribution in [0.2, 0.25) is 0 Å². The molecule has 2 aromatic carbocycles. The molecule has 3 rings (SSSR count). The van der Waals surface area contributed by atoms with Crippen molar-refractivity contribution in [2.24, 2.45) is 0 Å². The molecule has 166 valence electrons. The second-order valence-electron chi connectivity index (χ2n) is 8.56. The highest BCUT2D eigenvalue weighted by atomic mass is 16.2. The first-order chi connectivity index (χ1) is 15.3. The van der Waals surface area contributed by atoms with E-state index in [1.807, 2.05) is 94.6 Å². The molecular weight excluding hydrogens is 400 g/mol. The van der Waals surface area contributed by atoms with E-state index >= 15 is 0 Å². The van der Waals surface area contributed by atoms with Crippen molar-refractivity contribution >= 4 is 17.9 Å². The number of benzene rings is 2. The molecule has 2 amide bonds. The number of rotatable bonds is 7. The molecule has 6 heteroatoms. The molecule has 0 fully saturated rings. The first-order valence-electron chi connectivity index (χ1n) is 10.8. The maximum atomic E-state index is 12.8. The summed E-state index contributed by atoms with van der Waals surface area (Å²) in [6.07, 6.45) is 5.18. The summed E-state index contributed by atoms with van der Waals surface area (Å²) >= 11 is 0. The van der Waals surface area contributed by atoms with Gasteiger partial charge in [0, 0.05) is 35.5 Å². The molecular formula is C26H30N4O2. The van der Waals surface area contributed by atoms with Gasteiger partial charge in [-0.2, -0.15) is 5.10 Å². The second kappa shape index (κ2) is 10.1. The summed E-state index contributed by atoms with van der Waals surface area (Å²) in [7, 11) is 0. The number of nitrogens with one attached hydrogen (secondary N) is 1. The number of carbonyl (C=O) groups is 2. The molecule has 32 heavy (non-hydrogen) atoms. The van der Waals surface area contributed by atoms with Crippen molar-refractivity contribution < 1.29 is 9.59 Å². The van der Waals surface area contributed by atoms with Crippen molar-refractivity contribution in [3.05, 3.63) is 78.5 Å².